The number of nitriles is 1. The molecule has 2 aromatic heterocycles. The number of hydrogen-bond acceptors (Lipinski definition) is 6. The third-order valence-corrected chi connectivity index (χ3v) is 6.35. The van der Waals surface area contributed by atoms with E-state index >= 15 is 0 Å². The van der Waals surface area contributed by atoms with Gasteiger partial charge in [-0.1, -0.05) is 26.0 Å². The number of benzene rings is 1. The zero-order chi connectivity index (χ0) is 25.7. The number of likely N-dealkylation sites (tertiary alicyclic amines) is 1. The molecule has 1 aromatic carbocycles. The average molecular weight is 486 g/mol. The van der Waals surface area contributed by atoms with Crippen LogP contribution < -0.4 is 10.6 Å². The molecule has 1 fully saturated rings. The molecule has 4 rings (SSSR count). The highest BCUT2D eigenvalue weighted by atomic mass is 16.2. The van der Waals surface area contributed by atoms with Gasteiger partial charge in [-0.05, 0) is 54.5 Å². The predicted molar refractivity (Wildman–Crippen MR) is 138 cm³/mol. The Morgan fingerprint density at radius 2 is 1.83 bits per heavy atom. The predicted octanol–water partition coefficient (Wildman–Crippen LogP) is 4.03. The van der Waals surface area contributed by atoms with Crippen molar-refractivity contribution >= 4 is 23.5 Å². The van der Waals surface area contributed by atoms with Gasteiger partial charge >= 0.3 is 0 Å². The third kappa shape index (κ3) is 5.89. The van der Waals surface area contributed by atoms with Gasteiger partial charge in [0.1, 0.15) is 11.5 Å². The summed E-state index contributed by atoms with van der Waals surface area (Å²) in [4.78, 5) is 31.9. The molecule has 9 nitrogen and oxygen atoms in total. The molecule has 1 aliphatic heterocycles. The molecule has 0 bridgehead atoms. The first-order valence-corrected chi connectivity index (χ1v) is 12.2. The highest BCUT2D eigenvalue weighted by Crippen LogP contribution is 2.29. The summed E-state index contributed by atoms with van der Waals surface area (Å²) in [5.74, 6) is 1.45. The summed E-state index contributed by atoms with van der Waals surface area (Å²) < 4.78 is 1.50. The highest BCUT2D eigenvalue weighted by molar-refractivity contribution is 6.04. The van der Waals surface area contributed by atoms with Crippen molar-refractivity contribution < 1.29 is 9.59 Å². The van der Waals surface area contributed by atoms with Crippen LogP contribution in [-0.4, -0.2) is 51.1 Å². The number of amides is 2. The zero-order valence-corrected chi connectivity index (χ0v) is 20.9. The molecule has 1 saturated heterocycles. The van der Waals surface area contributed by atoms with E-state index < -0.39 is 0 Å². The molecule has 9 heteroatoms. The van der Waals surface area contributed by atoms with Crippen molar-refractivity contribution in [1.82, 2.24) is 19.7 Å². The Kier molecular flexibility index (Phi) is 7.64. The van der Waals surface area contributed by atoms with E-state index in [1.807, 2.05) is 29.2 Å². The second kappa shape index (κ2) is 11.0. The lowest BCUT2D eigenvalue weighted by molar-refractivity contribution is 0.0701. The molecule has 3 aromatic rings. The van der Waals surface area contributed by atoms with Crippen LogP contribution in [-0.2, 0) is 7.05 Å². The first kappa shape index (κ1) is 24.9. The average Bonchev–Trinajstić information content (AvgIpc) is 3.27. The molecule has 1 aliphatic rings. The fraction of sp³-hybridized carbons (Fsp3) is 0.370. The summed E-state index contributed by atoms with van der Waals surface area (Å²) in [6.45, 7) is 6.30. The van der Waals surface area contributed by atoms with E-state index in [4.69, 9.17) is 5.26 Å². The minimum atomic E-state index is -0.335. The van der Waals surface area contributed by atoms with Crippen molar-refractivity contribution in [3.8, 4) is 6.07 Å². The molecular weight excluding hydrogens is 454 g/mol. The Hall–Kier alpha value is -4.19. The van der Waals surface area contributed by atoms with E-state index in [1.54, 1.807) is 25.2 Å². The first-order valence-electron chi connectivity index (χ1n) is 12.2. The maximum absolute atomic E-state index is 13.2. The van der Waals surface area contributed by atoms with Gasteiger partial charge in [0.25, 0.3) is 11.8 Å². The number of carbonyl (C=O) groups excluding carboxylic acids is 2. The Labute approximate surface area is 211 Å². The molecule has 36 heavy (non-hydrogen) atoms. The van der Waals surface area contributed by atoms with Crippen LogP contribution in [0.3, 0.4) is 0 Å². The molecule has 2 amide bonds. The largest absolute Gasteiger partial charge is 0.370 e. The van der Waals surface area contributed by atoms with E-state index in [0.717, 1.165) is 19.4 Å². The maximum Gasteiger partial charge on any atom is 0.272 e. The van der Waals surface area contributed by atoms with Crippen LogP contribution in [0, 0.1) is 17.2 Å². The molecule has 0 saturated carbocycles. The third-order valence-electron chi connectivity index (χ3n) is 6.35. The van der Waals surface area contributed by atoms with Crippen molar-refractivity contribution in [2.45, 2.75) is 32.6 Å². The maximum atomic E-state index is 13.2. The van der Waals surface area contributed by atoms with Gasteiger partial charge in [0, 0.05) is 38.9 Å². The number of hydrogen-bond donors (Lipinski definition) is 2. The number of nitrogens with zero attached hydrogens (tertiary/aromatic N) is 5. The van der Waals surface area contributed by atoms with Gasteiger partial charge in [-0.25, -0.2) is 4.98 Å². The van der Waals surface area contributed by atoms with E-state index in [1.165, 1.54) is 16.4 Å². The molecule has 2 N–H and O–H groups in total. The standard InChI is InChI=1S/C27H31N7O2/c1-18(2)16-29-24-9-8-22(17-30-24)26(35)31-25-14-23(33(3)32-25)27(36)34-12-10-21(11-13-34)20-6-4-19(15-28)5-7-20/h4-9,14,17-18,21H,10-13,16H2,1-3H3,(H,29,30)(H,31,32,35). The van der Waals surface area contributed by atoms with Crippen molar-refractivity contribution in [2.24, 2.45) is 13.0 Å². The van der Waals surface area contributed by atoms with Gasteiger partial charge in [-0.3, -0.25) is 14.3 Å². The summed E-state index contributed by atoms with van der Waals surface area (Å²) >= 11 is 0. The van der Waals surface area contributed by atoms with E-state index in [-0.39, 0.29) is 11.8 Å². The van der Waals surface area contributed by atoms with Crippen LogP contribution in [0.5, 0.6) is 0 Å². The number of rotatable bonds is 7. The fourth-order valence-electron chi connectivity index (χ4n) is 4.27. The normalized spacial score (nSPS) is 13.9. The summed E-state index contributed by atoms with van der Waals surface area (Å²) in [6.07, 6.45) is 3.23. The molecule has 0 aliphatic carbocycles. The molecule has 3 heterocycles. The monoisotopic (exact) mass is 485 g/mol. The van der Waals surface area contributed by atoms with Crippen LogP contribution in [0.25, 0.3) is 0 Å². The smallest absolute Gasteiger partial charge is 0.272 e. The summed E-state index contributed by atoms with van der Waals surface area (Å²) in [5, 5.41) is 19.3. The lowest BCUT2D eigenvalue weighted by atomic mass is 9.89. The number of carbonyl (C=O) groups is 2. The summed E-state index contributed by atoms with van der Waals surface area (Å²) in [6, 6.07) is 14.9. The number of piperidine rings is 1. The topological polar surface area (TPSA) is 116 Å². The van der Waals surface area contributed by atoms with Crippen molar-refractivity contribution in [3.05, 3.63) is 71.0 Å². The van der Waals surface area contributed by atoms with E-state index in [0.29, 0.717) is 53.4 Å². The first-order chi connectivity index (χ1) is 17.3. The number of pyridine rings is 1. The Bertz CT molecular complexity index is 1250. The van der Waals surface area contributed by atoms with Crippen molar-refractivity contribution in [2.75, 3.05) is 30.3 Å². The Morgan fingerprint density at radius 3 is 2.44 bits per heavy atom. The quantitative estimate of drug-likeness (QED) is 0.522. The number of anilines is 2. The van der Waals surface area contributed by atoms with Crippen molar-refractivity contribution in [3.63, 3.8) is 0 Å². The number of aryl methyl sites for hydroxylation is 1. The van der Waals surface area contributed by atoms with Gasteiger partial charge in [0.15, 0.2) is 5.82 Å². The molecule has 0 unspecified atom stereocenters. The fourth-order valence-corrected chi connectivity index (χ4v) is 4.27. The molecule has 0 atom stereocenters. The SMILES string of the molecule is CC(C)CNc1ccc(C(=O)Nc2cc(C(=O)N3CCC(c4ccc(C#N)cc4)CC3)n(C)n2)cn1. The van der Waals surface area contributed by atoms with Crippen LogP contribution >= 0.6 is 0 Å². The lowest BCUT2D eigenvalue weighted by Crippen LogP contribution is -2.38. The molecule has 0 radical (unpaired) electrons. The second-order valence-corrected chi connectivity index (χ2v) is 9.50. The van der Waals surface area contributed by atoms with Crippen LogP contribution in [0.15, 0.2) is 48.7 Å². The van der Waals surface area contributed by atoms with Gasteiger partial charge in [0.2, 0.25) is 0 Å². The van der Waals surface area contributed by atoms with Gasteiger partial charge < -0.3 is 15.5 Å². The van der Waals surface area contributed by atoms with Gasteiger partial charge in [-0.15, -0.1) is 0 Å². The molecular formula is C27H31N7O2. The number of nitrogens with one attached hydrogen (secondary N) is 2. The van der Waals surface area contributed by atoms with Crippen LogP contribution in [0.4, 0.5) is 11.6 Å². The van der Waals surface area contributed by atoms with E-state index in [9.17, 15) is 9.59 Å². The van der Waals surface area contributed by atoms with Gasteiger partial charge in [-0.2, -0.15) is 10.4 Å². The summed E-state index contributed by atoms with van der Waals surface area (Å²) in [5.41, 5.74) is 2.68. The Balaban J connectivity index is 1.34. The number of aromatic nitrogens is 3. The minimum Gasteiger partial charge on any atom is -0.370 e. The minimum absolute atomic E-state index is 0.106. The second-order valence-electron chi connectivity index (χ2n) is 9.50. The van der Waals surface area contributed by atoms with Crippen molar-refractivity contribution in [1.29, 1.82) is 5.26 Å². The van der Waals surface area contributed by atoms with Crippen LogP contribution in [0.1, 0.15) is 64.6 Å². The van der Waals surface area contributed by atoms with Gasteiger partial charge in [0.05, 0.1) is 17.2 Å². The summed E-state index contributed by atoms with van der Waals surface area (Å²) in [7, 11) is 1.70. The lowest BCUT2D eigenvalue weighted by Gasteiger charge is -2.32. The zero-order valence-electron chi connectivity index (χ0n) is 20.9. The molecule has 186 valence electrons. The Morgan fingerprint density at radius 1 is 1.11 bits per heavy atom. The molecule has 0 spiro atoms. The highest BCUT2D eigenvalue weighted by Gasteiger charge is 2.27. The van der Waals surface area contributed by atoms with Crippen LogP contribution in [0.2, 0.25) is 0 Å². The van der Waals surface area contributed by atoms with E-state index in [2.05, 4.69) is 40.6 Å².